The molecule has 6 nitrogen and oxygen atoms in total. The van der Waals surface area contributed by atoms with Gasteiger partial charge in [-0.05, 0) is 31.5 Å². The SMILES string of the molecule is CCOC(=O)c1c(C#N)ccc(N=NN)c1C. The molecule has 2 N–H and O–H groups in total. The highest BCUT2D eigenvalue weighted by molar-refractivity contribution is 5.95. The number of ether oxygens (including phenoxy) is 1. The summed E-state index contributed by atoms with van der Waals surface area (Å²) in [4.78, 5) is 11.7. The van der Waals surface area contributed by atoms with Crippen LogP contribution in [0.2, 0.25) is 0 Å². The Hall–Kier alpha value is -2.42. The lowest BCUT2D eigenvalue weighted by molar-refractivity contribution is 0.0525. The molecule has 0 fully saturated rings. The molecule has 0 heterocycles. The van der Waals surface area contributed by atoms with E-state index in [4.69, 9.17) is 15.8 Å². The van der Waals surface area contributed by atoms with Gasteiger partial charge in [0.1, 0.15) is 6.07 Å². The monoisotopic (exact) mass is 232 g/mol. The van der Waals surface area contributed by atoms with E-state index in [1.165, 1.54) is 6.07 Å². The van der Waals surface area contributed by atoms with Crippen LogP contribution in [0.5, 0.6) is 0 Å². The van der Waals surface area contributed by atoms with Crippen molar-refractivity contribution in [2.75, 3.05) is 6.61 Å². The van der Waals surface area contributed by atoms with Gasteiger partial charge in [0, 0.05) is 0 Å². The number of esters is 1. The lowest BCUT2D eigenvalue weighted by Crippen LogP contribution is -2.09. The van der Waals surface area contributed by atoms with Gasteiger partial charge in [-0.1, -0.05) is 5.22 Å². The molecule has 1 aromatic carbocycles. The molecule has 0 aliphatic rings. The second-order valence-corrected chi connectivity index (χ2v) is 3.18. The van der Waals surface area contributed by atoms with Crippen LogP contribution >= 0.6 is 0 Å². The van der Waals surface area contributed by atoms with Gasteiger partial charge in [-0.3, -0.25) is 0 Å². The fourth-order valence-corrected chi connectivity index (χ4v) is 1.43. The molecule has 0 saturated carbocycles. The molecule has 0 aliphatic carbocycles. The third kappa shape index (κ3) is 2.58. The number of carbonyl (C=O) groups is 1. The van der Waals surface area contributed by atoms with Crippen LogP contribution in [-0.2, 0) is 4.74 Å². The summed E-state index contributed by atoms with van der Waals surface area (Å²) in [7, 11) is 0. The molecule has 0 aliphatic heterocycles. The highest BCUT2D eigenvalue weighted by atomic mass is 16.5. The first-order valence-electron chi connectivity index (χ1n) is 4.97. The van der Waals surface area contributed by atoms with Crippen LogP contribution in [0.4, 0.5) is 5.69 Å². The number of nitriles is 1. The van der Waals surface area contributed by atoms with Gasteiger partial charge < -0.3 is 10.6 Å². The summed E-state index contributed by atoms with van der Waals surface area (Å²) in [5.74, 6) is 4.42. The lowest BCUT2D eigenvalue weighted by Gasteiger charge is -2.08. The van der Waals surface area contributed by atoms with Crippen LogP contribution in [0.1, 0.15) is 28.4 Å². The first-order chi connectivity index (χ1) is 8.15. The van der Waals surface area contributed by atoms with E-state index in [1.54, 1.807) is 19.9 Å². The zero-order valence-electron chi connectivity index (χ0n) is 9.60. The standard InChI is InChI=1S/C11H12N4O2/c1-3-17-11(16)10-7(2)9(14-15-13)5-4-8(10)6-12/h4-5H,3H2,1-2H3,(H2,13,14). The van der Waals surface area contributed by atoms with Gasteiger partial charge in [-0.25, -0.2) is 4.79 Å². The molecule has 17 heavy (non-hydrogen) atoms. The molecule has 0 spiro atoms. The van der Waals surface area contributed by atoms with Crippen molar-refractivity contribution in [1.82, 2.24) is 0 Å². The number of nitrogens with zero attached hydrogens (tertiary/aromatic N) is 3. The summed E-state index contributed by atoms with van der Waals surface area (Å²) < 4.78 is 4.89. The Labute approximate surface area is 98.7 Å². The van der Waals surface area contributed by atoms with E-state index in [-0.39, 0.29) is 17.7 Å². The summed E-state index contributed by atoms with van der Waals surface area (Å²) in [5, 5.41) is 15.8. The second kappa shape index (κ2) is 5.61. The van der Waals surface area contributed by atoms with Crippen molar-refractivity contribution in [3.63, 3.8) is 0 Å². The Morgan fingerprint density at radius 2 is 2.29 bits per heavy atom. The van der Waals surface area contributed by atoms with Gasteiger partial charge in [0.2, 0.25) is 0 Å². The quantitative estimate of drug-likeness (QED) is 0.372. The first-order valence-corrected chi connectivity index (χ1v) is 4.97. The van der Waals surface area contributed by atoms with E-state index < -0.39 is 5.97 Å². The molecule has 0 atom stereocenters. The maximum absolute atomic E-state index is 11.7. The van der Waals surface area contributed by atoms with Crippen LogP contribution in [0, 0.1) is 18.3 Å². The lowest BCUT2D eigenvalue weighted by atomic mass is 10.0. The highest BCUT2D eigenvalue weighted by Gasteiger charge is 2.18. The molecule has 0 unspecified atom stereocenters. The summed E-state index contributed by atoms with van der Waals surface area (Å²) in [6.45, 7) is 3.60. The Morgan fingerprint density at radius 1 is 1.59 bits per heavy atom. The second-order valence-electron chi connectivity index (χ2n) is 3.18. The number of rotatable bonds is 3. The maximum Gasteiger partial charge on any atom is 0.339 e. The van der Waals surface area contributed by atoms with Gasteiger partial charge in [-0.2, -0.15) is 5.26 Å². The molecule has 0 bridgehead atoms. The zero-order chi connectivity index (χ0) is 12.8. The zero-order valence-corrected chi connectivity index (χ0v) is 9.60. The van der Waals surface area contributed by atoms with Crippen molar-refractivity contribution in [2.24, 2.45) is 16.2 Å². The van der Waals surface area contributed by atoms with Crippen LogP contribution in [-0.4, -0.2) is 12.6 Å². The molecular weight excluding hydrogens is 220 g/mol. The number of hydrogen-bond donors (Lipinski definition) is 1. The predicted octanol–water partition coefficient (Wildman–Crippen LogP) is 2.00. The van der Waals surface area contributed by atoms with Crippen LogP contribution in [0.15, 0.2) is 22.5 Å². The number of hydrogen-bond acceptors (Lipinski definition) is 5. The van der Waals surface area contributed by atoms with Crippen LogP contribution in [0.3, 0.4) is 0 Å². The molecule has 1 aromatic rings. The Morgan fingerprint density at radius 3 is 2.82 bits per heavy atom. The predicted molar refractivity (Wildman–Crippen MR) is 60.6 cm³/mol. The summed E-state index contributed by atoms with van der Waals surface area (Å²) in [6, 6.07) is 5.01. The third-order valence-electron chi connectivity index (χ3n) is 2.20. The van der Waals surface area contributed by atoms with Crippen molar-refractivity contribution in [2.45, 2.75) is 13.8 Å². The van der Waals surface area contributed by atoms with Gasteiger partial charge in [0.05, 0.1) is 23.4 Å². The van der Waals surface area contributed by atoms with Crippen LogP contribution in [0.25, 0.3) is 0 Å². The fraction of sp³-hybridized carbons (Fsp3) is 0.273. The van der Waals surface area contributed by atoms with Crippen molar-refractivity contribution in [3.05, 3.63) is 28.8 Å². The molecule has 0 aromatic heterocycles. The topological polar surface area (TPSA) is 101 Å². The molecule has 1 rings (SSSR count). The Balaban J connectivity index is 3.38. The molecule has 0 saturated heterocycles. The smallest absolute Gasteiger partial charge is 0.339 e. The minimum atomic E-state index is -0.546. The molecular formula is C11H12N4O2. The summed E-state index contributed by atoms with van der Waals surface area (Å²) >= 11 is 0. The van der Waals surface area contributed by atoms with E-state index in [9.17, 15) is 4.79 Å². The number of nitrogens with two attached hydrogens (primary N) is 1. The number of benzene rings is 1. The average Bonchev–Trinajstić information content (AvgIpc) is 2.31. The first kappa shape index (κ1) is 12.6. The summed E-state index contributed by atoms with van der Waals surface area (Å²) in [5.41, 5.74) is 1.42. The van der Waals surface area contributed by atoms with Crippen LogP contribution < -0.4 is 5.84 Å². The normalized spacial score (nSPS) is 10.2. The van der Waals surface area contributed by atoms with Crippen molar-refractivity contribution in [1.29, 1.82) is 5.26 Å². The van der Waals surface area contributed by atoms with Gasteiger partial charge >= 0.3 is 5.97 Å². The van der Waals surface area contributed by atoms with E-state index in [0.717, 1.165) is 0 Å². The van der Waals surface area contributed by atoms with Crippen molar-refractivity contribution in [3.8, 4) is 6.07 Å². The van der Waals surface area contributed by atoms with E-state index in [1.807, 2.05) is 6.07 Å². The third-order valence-corrected chi connectivity index (χ3v) is 2.20. The highest BCUT2D eigenvalue weighted by Crippen LogP contribution is 2.25. The molecule has 0 amide bonds. The van der Waals surface area contributed by atoms with E-state index in [2.05, 4.69) is 10.3 Å². The maximum atomic E-state index is 11.7. The van der Waals surface area contributed by atoms with E-state index in [0.29, 0.717) is 11.3 Å². The van der Waals surface area contributed by atoms with Gasteiger partial charge in [0.25, 0.3) is 0 Å². The molecule has 0 radical (unpaired) electrons. The minimum Gasteiger partial charge on any atom is -0.462 e. The molecule has 88 valence electrons. The van der Waals surface area contributed by atoms with E-state index >= 15 is 0 Å². The van der Waals surface area contributed by atoms with Crippen molar-refractivity contribution >= 4 is 11.7 Å². The largest absolute Gasteiger partial charge is 0.462 e. The van der Waals surface area contributed by atoms with Gasteiger partial charge in [-0.15, -0.1) is 5.11 Å². The average molecular weight is 232 g/mol. The number of carbonyl (C=O) groups excluding carboxylic acids is 1. The Bertz CT molecular complexity index is 503. The molecule has 6 heteroatoms. The van der Waals surface area contributed by atoms with Gasteiger partial charge in [0.15, 0.2) is 0 Å². The Kier molecular flexibility index (Phi) is 4.17. The minimum absolute atomic E-state index is 0.208. The summed E-state index contributed by atoms with van der Waals surface area (Å²) in [6.07, 6.45) is 0. The van der Waals surface area contributed by atoms with Crippen molar-refractivity contribution < 1.29 is 9.53 Å². The fourth-order valence-electron chi connectivity index (χ4n) is 1.43.